The maximum absolute atomic E-state index is 12.5. The number of carbonyl (C=O) groups excluding carboxylic acids is 2. The SMILES string of the molecule is O=C(c1ccc(OC[C@H]2CCCN2C(=O)C2CCC2)cc1)N1CCOCC1. The summed E-state index contributed by atoms with van der Waals surface area (Å²) in [7, 11) is 0. The molecule has 0 spiro atoms. The average molecular weight is 372 g/mol. The summed E-state index contributed by atoms with van der Waals surface area (Å²) in [6, 6.07) is 7.51. The van der Waals surface area contributed by atoms with E-state index < -0.39 is 0 Å². The van der Waals surface area contributed by atoms with Gasteiger partial charge in [-0.25, -0.2) is 0 Å². The van der Waals surface area contributed by atoms with Gasteiger partial charge in [0.15, 0.2) is 0 Å². The molecule has 1 aromatic rings. The van der Waals surface area contributed by atoms with E-state index in [9.17, 15) is 9.59 Å². The van der Waals surface area contributed by atoms with Crippen LogP contribution in [0.4, 0.5) is 0 Å². The molecule has 0 aromatic heterocycles. The largest absolute Gasteiger partial charge is 0.491 e. The molecule has 6 heteroatoms. The van der Waals surface area contributed by atoms with E-state index in [2.05, 4.69) is 0 Å². The van der Waals surface area contributed by atoms with Crippen LogP contribution < -0.4 is 4.74 Å². The Morgan fingerprint density at radius 2 is 1.74 bits per heavy atom. The van der Waals surface area contributed by atoms with Crippen LogP contribution >= 0.6 is 0 Å². The van der Waals surface area contributed by atoms with Crippen LogP contribution in [0.3, 0.4) is 0 Å². The van der Waals surface area contributed by atoms with E-state index in [4.69, 9.17) is 9.47 Å². The first-order valence-electron chi connectivity index (χ1n) is 10.1. The number of hydrogen-bond acceptors (Lipinski definition) is 4. The number of carbonyl (C=O) groups is 2. The normalized spacial score (nSPS) is 23.2. The van der Waals surface area contributed by atoms with Crippen molar-refractivity contribution in [3.63, 3.8) is 0 Å². The predicted molar refractivity (Wildman–Crippen MR) is 101 cm³/mol. The van der Waals surface area contributed by atoms with Crippen molar-refractivity contribution in [3.05, 3.63) is 29.8 Å². The molecule has 146 valence electrons. The van der Waals surface area contributed by atoms with Gasteiger partial charge in [-0.3, -0.25) is 9.59 Å². The second kappa shape index (κ2) is 8.30. The Morgan fingerprint density at radius 1 is 1.00 bits per heavy atom. The minimum absolute atomic E-state index is 0.0397. The Balaban J connectivity index is 1.30. The highest BCUT2D eigenvalue weighted by molar-refractivity contribution is 5.94. The zero-order valence-corrected chi connectivity index (χ0v) is 15.8. The zero-order valence-electron chi connectivity index (χ0n) is 15.8. The van der Waals surface area contributed by atoms with Gasteiger partial charge in [0.25, 0.3) is 5.91 Å². The summed E-state index contributed by atoms with van der Waals surface area (Å²) in [5, 5.41) is 0. The third-order valence-corrected chi connectivity index (χ3v) is 5.96. The van der Waals surface area contributed by atoms with Crippen LogP contribution in [0.5, 0.6) is 5.75 Å². The summed E-state index contributed by atoms with van der Waals surface area (Å²) >= 11 is 0. The maximum Gasteiger partial charge on any atom is 0.254 e. The van der Waals surface area contributed by atoms with Crippen LogP contribution in [0, 0.1) is 5.92 Å². The molecular weight excluding hydrogens is 344 g/mol. The molecule has 0 N–H and O–H groups in total. The van der Waals surface area contributed by atoms with Crippen molar-refractivity contribution >= 4 is 11.8 Å². The van der Waals surface area contributed by atoms with Crippen molar-refractivity contribution < 1.29 is 19.1 Å². The van der Waals surface area contributed by atoms with Crippen molar-refractivity contribution in [3.8, 4) is 5.75 Å². The van der Waals surface area contributed by atoms with Gasteiger partial charge in [0.05, 0.1) is 19.3 Å². The van der Waals surface area contributed by atoms with E-state index in [1.165, 1.54) is 6.42 Å². The molecule has 1 aromatic carbocycles. The van der Waals surface area contributed by atoms with Crippen molar-refractivity contribution in [2.45, 2.75) is 38.1 Å². The molecule has 6 nitrogen and oxygen atoms in total. The number of hydrogen-bond donors (Lipinski definition) is 0. The fourth-order valence-corrected chi connectivity index (χ4v) is 4.02. The third-order valence-electron chi connectivity index (χ3n) is 5.96. The molecule has 1 atom stereocenters. The van der Waals surface area contributed by atoms with Crippen molar-refractivity contribution in [2.75, 3.05) is 39.5 Å². The number of nitrogens with zero attached hydrogens (tertiary/aromatic N) is 2. The van der Waals surface area contributed by atoms with E-state index in [-0.39, 0.29) is 17.9 Å². The lowest BCUT2D eigenvalue weighted by Gasteiger charge is -2.32. The van der Waals surface area contributed by atoms with Crippen LogP contribution in [-0.2, 0) is 9.53 Å². The van der Waals surface area contributed by atoms with Gasteiger partial charge in [-0.15, -0.1) is 0 Å². The summed E-state index contributed by atoms with van der Waals surface area (Å²) < 4.78 is 11.2. The molecule has 1 saturated carbocycles. The minimum atomic E-state index is 0.0397. The van der Waals surface area contributed by atoms with Crippen LogP contribution in [-0.4, -0.2) is 67.1 Å². The van der Waals surface area contributed by atoms with Crippen molar-refractivity contribution in [2.24, 2.45) is 5.92 Å². The quantitative estimate of drug-likeness (QED) is 0.796. The van der Waals surface area contributed by atoms with Crippen molar-refractivity contribution in [1.82, 2.24) is 9.80 Å². The summed E-state index contributed by atoms with van der Waals surface area (Å²) in [5.41, 5.74) is 0.673. The fraction of sp³-hybridized carbons (Fsp3) is 0.619. The topological polar surface area (TPSA) is 59.1 Å². The molecule has 3 fully saturated rings. The minimum Gasteiger partial charge on any atom is -0.491 e. The van der Waals surface area contributed by atoms with E-state index >= 15 is 0 Å². The molecule has 2 aliphatic heterocycles. The summed E-state index contributed by atoms with van der Waals surface area (Å²) in [6.45, 7) is 3.87. The zero-order chi connectivity index (χ0) is 18.6. The van der Waals surface area contributed by atoms with Crippen molar-refractivity contribution in [1.29, 1.82) is 0 Å². The first-order chi connectivity index (χ1) is 13.2. The number of morpholine rings is 1. The van der Waals surface area contributed by atoms with Gasteiger partial charge >= 0.3 is 0 Å². The number of likely N-dealkylation sites (tertiary alicyclic amines) is 1. The number of amides is 2. The van der Waals surface area contributed by atoms with E-state index in [1.54, 1.807) is 0 Å². The second-order valence-corrected chi connectivity index (χ2v) is 7.70. The molecule has 1 aliphatic carbocycles. The Bertz CT molecular complexity index is 665. The first kappa shape index (κ1) is 18.3. The number of rotatable bonds is 5. The molecule has 2 amide bonds. The van der Waals surface area contributed by atoms with Crippen LogP contribution in [0.15, 0.2) is 24.3 Å². The summed E-state index contributed by atoms with van der Waals surface area (Å²) in [4.78, 5) is 28.9. The van der Waals surface area contributed by atoms with Gasteiger partial charge < -0.3 is 19.3 Å². The van der Waals surface area contributed by atoms with Gasteiger partial charge in [-0.05, 0) is 49.9 Å². The predicted octanol–water partition coefficient (Wildman–Crippen LogP) is 2.33. The molecule has 2 heterocycles. The van der Waals surface area contributed by atoms with Gasteiger partial charge in [0, 0.05) is 31.1 Å². The summed E-state index contributed by atoms with van der Waals surface area (Å²) in [5.74, 6) is 1.35. The molecule has 27 heavy (non-hydrogen) atoms. The number of benzene rings is 1. The molecule has 0 unspecified atom stereocenters. The highest BCUT2D eigenvalue weighted by Crippen LogP contribution is 2.31. The Morgan fingerprint density at radius 3 is 2.41 bits per heavy atom. The molecule has 3 aliphatic rings. The molecule has 2 saturated heterocycles. The highest BCUT2D eigenvalue weighted by Gasteiger charge is 2.35. The summed E-state index contributed by atoms with van der Waals surface area (Å²) in [6.07, 6.45) is 5.33. The van der Waals surface area contributed by atoms with E-state index in [0.717, 1.165) is 38.0 Å². The van der Waals surface area contributed by atoms with Crippen LogP contribution in [0.1, 0.15) is 42.5 Å². The third kappa shape index (κ3) is 4.10. The fourth-order valence-electron chi connectivity index (χ4n) is 4.02. The number of ether oxygens (including phenoxy) is 2. The Hall–Kier alpha value is -2.08. The maximum atomic E-state index is 12.5. The van der Waals surface area contributed by atoms with E-state index in [0.29, 0.717) is 44.4 Å². The van der Waals surface area contributed by atoms with Gasteiger partial charge in [0.1, 0.15) is 12.4 Å². The van der Waals surface area contributed by atoms with Gasteiger partial charge in [-0.2, -0.15) is 0 Å². The monoisotopic (exact) mass is 372 g/mol. The van der Waals surface area contributed by atoms with Crippen LogP contribution in [0.25, 0.3) is 0 Å². The van der Waals surface area contributed by atoms with Gasteiger partial charge in [0.2, 0.25) is 5.91 Å². The smallest absolute Gasteiger partial charge is 0.254 e. The lowest BCUT2D eigenvalue weighted by atomic mass is 9.84. The molecule has 0 radical (unpaired) electrons. The molecule has 4 rings (SSSR count). The second-order valence-electron chi connectivity index (χ2n) is 7.70. The van der Waals surface area contributed by atoms with E-state index in [1.807, 2.05) is 34.1 Å². The lowest BCUT2D eigenvalue weighted by Crippen LogP contribution is -2.44. The average Bonchev–Trinajstić information content (AvgIpc) is 3.14. The van der Waals surface area contributed by atoms with Gasteiger partial charge in [-0.1, -0.05) is 6.42 Å². The molecular formula is C21H28N2O4. The lowest BCUT2D eigenvalue weighted by molar-refractivity contribution is -0.139. The Labute approximate surface area is 160 Å². The molecule has 0 bridgehead atoms. The highest BCUT2D eigenvalue weighted by atomic mass is 16.5. The standard InChI is InChI=1S/C21H28N2O4/c24-20(22-11-13-26-14-12-22)17-6-8-19(9-7-17)27-15-18-5-2-10-23(18)21(25)16-3-1-4-16/h6-9,16,18H,1-5,10-15H2/t18-/m1/s1. The van der Waals surface area contributed by atoms with Crippen LogP contribution in [0.2, 0.25) is 0 Å². The first-order valence-corrected chi connectivity index (χ1v) is 10.1. The Kier molecular flexibility index (Phi) is 5.62.